The quantitative estimate of drug-likeness (QED) is 0.832. The maximum absolute atomic E-state index is 5.93. The van der Waals surface area contributed by atoms with Crippen molar-refractivity contribution in [2.75, 3.05) is 19.7 Å². The maximum Gasteiger partial charge on any atom is 0.0730 e. The highest BCUT2D eigenvalue weighted by molar-refractivity contribution is 5.08. The van der Waals surface area contributed by atoms with Gasteiger partial charge in [-0.2, -0.15) is 0 Å². The first-order valence-electron chi connectivity index (χ1n) is 7.68. The Morgan fingerprint density at radius 2 is 2.26 bits per heavy atom. The van der Waals surface area contributed by atoms with E-state index in [0.717, 1.165) is 19.6 Å². The summed E-state index contributed by atoms with van der Waals surface area (Å²) in [4.78, 5) is 6.85. The van der Waals surface area contributed by atoms with Crippen LogP contribution in [0.1, 0.15) is 37.7 Å². The van der Waals surface area contributed by atoms with Crippen LogP contribution < -0.4 is 0 Å². The molecule has 2 heterocycles. The van der Waals surface area contributed by atoms with Crippen molar-refractivity contribution in [1.29, 1.82) is 0 Å². The molecule has 1 aliphatic heterocycles. The molecule has 0 amide bonds. The molecule has 0 bridgehead atoms. The van der Waals surface area contributed by atoms with E-state index in [1.165, 1.54) is 44.2 Å². The molecule has 2 atom stereocenters. The molecular formula is C16H24N2O. The van der Waals surface area contributed by atoms with Crippen molar-refractivity contribution >= 4 is 0 Å². The molecule has 104 valence electrons. The lowest BCUT2D eigenvalue weighted by molar-refractivity contribution is -0.0881. The minimum Gasteiger partial charge on any atom is -0.375 e. The van der Waals surface area contributed by atoms with Crippen LogP contribution in [0.4, 0.5) is 0 Å². The molecule has 1 saturated carbocycles. The summed E-state index contributed by atoms with van der Waals surface area (Å²) >= 11 is 0. The molecule has 0 radical (unpaired) electrons. The molecule has 3 rings (SSSR count). The van der Waals surface area contributed by atoms with Gasteiger partial charge in [-0.25, -0.2) is 0 Å². The molecule has 0 N–H and O–H groups in total. The third-order valence-electron chi connectivity index (χ3n) is 4.48. The Morgan fingerprint density at radius 1 is 1.32 bits per heavy atom. The van der Waals surface area contributed by atoms with E-state index in [4.69, 9.17) is 4.74 Å². The second-order valence-electron chi connectivity index (χ2n) is 5.76. The zero-order valence-corrected chi connectivity index (χ0v) is 11.6. The van der Waals surface area contributed by atoms with E-state index in [9.17, 15) is 0 Å². The van der Waals surface area contributed by atoms with Crippen molar-refractivity contribution in [2.45, 2.75) is 50.7 Å². The third-order valence-corrected chi connectivity index (χ3v) is 4.48. The average Bonchev–Trinajstić information content (AvgIpc) is 2.49. The normalized spacial score (nSPS) is 28.0. The summed E-state index contributed by atoms with van der Waals surface area (Å²) in [5.41, 5.74) is 1.36. The summed E-state index contributed by atoms with van der Waals surface area (Å²) in [6.45, 7) is 3.25. The van der Waals surface area contributed by atoms with Gasteiger partial charge in [0.25, 0.3) is 0 Å². The van der Waals surface area contributed by atoms with Crippen LogP contribution in [-0.4, -0.2) is 41.7 Å². The first-order chi connectivity index (χ1) is 9.43. The van der Waals surface area contributed by atoms with Gasteiger partial charge in [0.05, 0.1) is 12.7 Å². The number of hydrogen-bond donors (Lipinski definition) is 0. The van der Waals surface area contributed by atoms with Crippen LogP contribution in [0.25, 0.3) is 0 Å². The van der Waals surface area contributed by atoms with E-state index in [1.807, 2.05) is 18.5 Å². The number of nitrogens with zero attached hydrogens (tertiary/aromatic N) is 2. The Bertz CT molecular complexity index is 380. The van der Waals surface area contributed by atoms with Crippen molar-refractivity contribution < 1.29 is 4.74 Å². The smallest absolute Gasteiger partial charge is 0.0730 e. The number of aromatic nitrogens is 1. The molecule has 2 fully saturated rings. The predicted molar refractivity (Wildman–Crippen MR) is 76.1 cm³/mol. The Hall–Kier alpha value is -0.930. The van der Waals surface area contributed by atoms with Gasteiger partial charge in [-0.15, -0.1) is 0 Å². The molecule has 3 heteroatoms. The molecule has 19 heavy (non-hydrogen) atoms. The van der Waals surface area contributed by atoms with E-state index < -0.39 is 0 Å². The Kier molecular flexibility index (Phi) is 4.46. The molecule has 0 unspecified atom stereocenters. The highest BCUT2D eigenvalue weighted by Gasteiger charge is 2.33. The first kappa shape index (κ1) is 13.1. The molecule has 1 saturated heterocycles. The molecule has 3 nitrogen and oxygen atoms in total. The second-order valence-corrected chi connectivity index (χ2v) is 5.76. The Morgan fingerprint density at radius 3 is 3.16 bits per heavy atom. The topological polar surface area (TPSA) is 25.4 Å². The van der Waals surface area contributed by atoms with Gasteiger partial charge >= 0.3 is 0 Å². The van der Waals surface area contributed by atoms with Crippen LogP contribution in [0.2, 0.25) is 0 Å². The predicted octanol–water partition coefficient (Wildman–Crippen LogP) is 2.66. The lowest BCUT2D eigenvalue weighted by Gasteiger charge is -2.43. The average molecular weight is 260 g/mol. The van der Waals surface area contributed by atoms with Crippen LogP contribution >= 0.6 is 0 Å². The maximum atomic E-state index is 5.93. The number of rotatable bonds is 4. The largest absolute Gasteiger partial charge is 0.375 e. The van der Waals surface area contributed by atoms with Gasteiger partial charge < -0.3 is 4.74 Å². The lowest BCUT2D eigenvalue weighted by atomic mass is 9.90. The van der Waals surface area contributed by atoms with E-state index in [0.29, 0.717) is 12.1 Å². The van der Waals surface area contributed by atoms with E-state index >= 15 is 0 Å². The zero-order chi connectivity index (χ0) is 12.9. The van der Waals surface area contributed by atoms with Crippen LogP contribution in [0.15, 0.2) is 24.5 Å². The highest BCUT2D eigenvalue weighted by atomic mass is 16.5. The summed E-state index contributed by atoms with van der Waals surface area (Å²) in [5, 5.41) is 0. The van der Waals surface area contributed by atoms with Gasteiger partial charge in [-0.3, -0.25) is 9.88 Å². The van der Waals surface area contributed by atoms with Crippen LogP contribution in [0.3, 0.4) is 0 Å². The van der Waals surface area contributed by atoms with Gasteiger partial charge in [-0.05, 0) is 43.9 Å². The molecule has 0 aromatic carbocycles. The van der Waals surface area contributed by atoms with Crippen LogP contribution in [-0.2, 0) is 11.2 Å². The number of hydrogen-bond acceptors (Lipinski definition) is 3. The summed E-state index contributed by atoms with van der Waals surface area (Å²) in [6, 6.07) is 4.90. The fourth-order valence-corrected chi connectivity index (χ4v) is 3.49. The van der Waals surface area contributed by atoms with E-state index in [2.05, 4.69) is 16.0 Å². The second kappa shape index (κ2) is 6.49. The van der Waals surface area contributed by atoms with Crippen molar-refractivity contribution in [3.05, 3.63) is 30.1 Å². The van der Waals surface area contributed by atoms with Crippen LogP contribution in [0, 0.1) is 0 Å². The minimum absolute atomic E-state index is 0.515. The molecule has 1 aromatic heterocycles. The monoisotopic (exact) mass is 260 g/mol. The van der Waals surface area contributed by atoms with Crippen LogP contribution in [0.5, 0.6) is 0 Å². The fourth-order valence-electron chi connectivity index (χ4n) is 3.49. The van der Waals surface area contributed by atoms with Crippen molar-refractivity contribution in [3.8, 4) is 0 Å². The molecule has 1 aliphatic carbocycles. The van der Waals surface area contributed by atoms with Crippen molar-refractivity contribution in [1.82, 2.24) is 9.88 Å². The molecular weight excluding hydrogens is 236 g/mol. The number of pyridine rings is 1. The Balaban J connectivity index is 1.49. The fraction of sp³-hybridized carbons (Fsp3) is 0.688. The Labute approximate surface area is 116 Å². The molecule has 0 spiro atoms. The summed E-state index contributed by atoms with van der Waals surface area (Å²) in [5.74, 6) is 0. The summed E-state index contributed by atoms with van der Waals surface area (Å²) in [6.07, 6.45) is 12.1. The summed E-state index contributed by atoms with van der Waals surface area (Å²) < 4.78 is 5.93. The van der Waals surface area contributed by atoms with Gasteiger partial charge in [0.2, 0.25) is 0 Å². The van der Waals surface area contributed by atoms with Gasteiger partial charge in [0, 0.05) is 25.0 Å². The third kappa shape index (κ3) is 3.34. The van der Waals surface area contributed by atoms with Crippen molar-refractivity contribution in [2.24, 2.45) is 0 Å². The molecule has 2 aliphatic rings. The SMILES string of the molecule is c1cncc(CCCN2CCO[C@@H]3CCCC[C@H]32)c1. The molecule has 1 aromatic rings. The van der Waals surface area contributed by atoms with E-state index in [-0.39, 0.29) is 0 Å². The van der Waals surface area contributed by atoms with Gasteiger partial charge in [0.1, 0.15) is 0 Å². The highest BCUT2D eigenvalue weighted by Crippen LogP contribution is 2.28. The van der Waals surface area contributed by atoms with Crippen molar-refractivity contribution in [3.63, 3.8) is 0 Å². The number of ether oxygens (including phenoxy) is 1. The standard InChI is InChI=1S/C16H24N2O/c1-2-8-16-15(7-1)18(11-12-19-16)10-4-6-14-5-3-9-17-13-14/h3,5,9,13,15-16H,1-2,4,6-8,10-12H2/t15-,16-/m1/s1. The first-order valence-corrected chi connectivity index (χ1v) is 7.68. The number of fused-ring (bicyclic) bond motifs is 1. The minimum atomic E-state index is 0.515. The van der Waals surface area contributed by atoms with Gasteiger partial charge in [0.15, 0.2) is 0 Å². The lowest BCUT2D eigenvalue weighted by Crippen LogP contribution is -2.52. The summed E-state index contributed by atoms with van der Waals surface area (Å²) in [7, 11) is 0. The number of aryl methyl sites for hydroxylation is 1. The van der Waals surface area contributed by atoms with Gasteiger partial charge in [-0.1, -0.05) is 18.9 Å². The zero-order valence-electron chi connectivity index (χ0n) is 11.6. The van der Waals surface area contributed by atoms with E-state index in [1.54, 1.807) is 0 Å². The number of morpholine rings is 1.